The van der Waals surface area contributed by atoms with Crippen LogP contribution in [-0.2, 0) is 38.1 Å². The lowest BCUT2D eigenvalue weighted by atomic mass is 9.98. The van der Waals surface area contributed by atoms with Gasteiger partial charge in [0.05, 0.1) is 58.4 Å². The number of anilines is 4. The number of carbonyl (C=O) groups is 2. The van der Waals surface area contributed by atoms with Gasteiger partial charge < -0.3 is 21.5 Å². The minimum atomic E-state index is -1.35. The number of carbonyl (C=O) groups excluding carboxylic acids is 1. The fourth-order valence-corrected chi connectivity index (χ4v) is 6.58. The van der Waals surface area contributed by atoms with Gasteiger partial charge in [-0.2, -0.15) is 30.4 Å². The zero-order valence-corrected chi connectivity index (χ0v) is 40.7. The van der Waals surface area contributed by atoms with E-state index in [0.717, 1.165) is 17.4 Å². The largest absolute Gasteiger partial charge is 0.476 e. The van der Waals surface area contributed by atoms with Crippen LogP contribution in [0.15, 0.2) is 74.1 Å². The summed E-state index contributed by atoms with van der Waals surface area (Å²) in [5.74, 6) is -3.09. The predicted octanol–water partition coefficient (Wildman–Crippen LogP) is 7.77. The molecule has 6 heterocycles. The van der Waals surface area contributed by atoms with Crippen LogP contribution < -0.4 is 16.4 Å². The third kappa shape index (κ3) is 12.9. The average Bonchev–Trinajstić information content (AvgIpc) is 4.12. The molecular weight excluding hydrogens is 927 g/mol. The van der Waals surface area contributed by atoms with Gasteiger partial charge in [-0.05, 0) is 96.2 Å². The lowest BCUT2D eigenvalue weighted by Gasteiger charge is -2.18. The first kappa shape index (κ1) is 52.1. The first-order valence-electron chi connectivity index (χ1n) is 21.9. The van der Waals surface area contributed by atoms with Crippen LogP contribution in [0.1, 0.15) is 91.2 Å². The number of nitrogens with two attached hydrogens (primary N) is 1. The van der Waals surface area contributed by atoms with E-state index in [1.807, 2.05) is 41.5 Å². The number of ketones is 1. The van der Waals surface area contributed by atoms with Crippen LogP contribution in [0.4, 0.5) is 40.8 Å². The van der Waals surface area contributed by atoms with Gasteiger partial charge in [0.15, 0.2) is 34.8 Å². The predicted molar refractivity (Wildman–Crippen MR) is 255 cm³/mol. The zero-order valence-electron chi connectivity index (χ0n) is 40.7. The second-order valence-corrected chi connectivity index (χ2v) is 18.1. The minimum absolute atomic E-state index is 0.00262. The number of carboxylic acid groups (broad SMARTS) is 1. The summed E-state index contributed by atoms with van der Waals surface area (Å²) in [6.07, 6.45) is 12.0. The molecule has 0 unspecified atom stereocenters. The fraction of sp³-hybridized carbons (Fsp3) is 0.319. The standard InChI is InChI=1S/C24H26F2N8O.C15H16FN7.C8H11FN2O2/c1-14-15(7-9-19(35)21-18(25)12-34(32-21)24(2,3)4)6-8-17(20(14)26)22-27-13-28-23(31-22)30-16-10-29-33(5)11-16;1-9-10(5-17)3-4-12(13(9)16)14-18-8-19-15(22-14)21-11-6-20-23(2)7-11;1-8(2,3)11-4-5(9)6(10-11)7(12)13/h6,8,10-13H,7,9H2,1-5H3,(H,27,28,30,31);3-4,6-8H,5,17H2,1-2H3,(H,18,19,21,22);4H,1-3H3,(H,12,13). The molecule has 20 nitrogen and oxygen atoms in total. The summed E-state index contributed by atoms with van der Waals surface area (Å²) in [6, 6.07) is 6.71. The molecule has 2 aromatic carbocycles. The monoisotopic (exact) mass is 979 g/mol. The van der Waals surface area contributed by atoms with Crippen LogP contribution in [0, 0.1) is 37.1 Å². The molecule has 0 saturated carbocycles. The van der Waals surface area contributed by atoms with E-state index < -0.39 is 46.0 Å². The smallest absolute Gasteiger partial charge is 0.359 e. The number of hydrogen-bond donors (Lipinski definition) is 4. The molecule has 71 heavy (non-hydrogen) atoms. The minimum Gasteiger partial charge on any atom is -0.476 e. The van der Waals surface area contributed by atoms with Crippen molar-refractivity contribution in [3.8, 4) is 22.8 Å². The molecule has 0 amide bonds. The fourth-order valence-electron chi connectivity index (χ4n) is 6.58. The molecule has 8 rings (SSSR count). The maximum atomic E-state index is 15.3. The second-order valence-electron chi connectivity index (χ2n) is 18.1. The molecule has 0 saturated heterocycles. The Balaban J connectivity index is 0.000000195. The van der Waals surface area contributed by atoms with Crippen LogP contribution in [0.25, 0.3) is 22.8 Å². The molecule has 0 aliphatic rings. The van der Waals surface area contributed by atoms with Crippen molar-refractivity contribution in [2.75, 3.05) is 10.6 Å². The molecule has 0 atom stereocenters. The Kier molecular flexibility index (Phi) is 15.8. The Morgan fingerprint density at radius 1 is 0.648 bits per heavy atom. The van der Waals surface area contributed by atoms with E-state index in [-0.39, 0.29) is 54.1 Å². The number of aromatic nitrogens is 14. The van der Waals surface area contributed by atoms with E-state index >= 15 is 4.39 Å². The molecule has 0 radical (unpaired) electrons. The zero-order chi connectivity index (χ0) is 51.9. The normalized spacial score (nSPS) is 11.4. The molecule has 372 valence electrons. The molecule has 0 aliphatic heterocycles. The number of aryl methyl sites for hydroxylation is 3. The molecule has 0 bridgehead atoms. The number of nitrogens with one attached hydrogen (secondary N) is 2. The summed E-state index contributed by atoms with van der Waals surface area (Å²) < 4.78 is 63.0. The highest BCUT2D eigenvalue weighted by Crippen LogP contribution is 2.28. The first-order chi connectivity index (χ1) is 33.4. The number of Topliss-reactive ketones (excluding diaryl/α,β-unsaturated/α-hetero) is 1. The van der Waals surface area contributed by atoms with Crippen LogP contribution >= 0.6 is 0 Å². The van der Waals surface area contributed by atoms with Gasteiger partial charge in [-0.15, -0.1) is 0 Å². The van der Waals surface area contributed by atoms with Crippen LogP contribution in [-0.4, -0.2) is 85.9 Å². The van der Waals surface area contributed by atoms with Crippen LogP contribution in [0.2, 0.25) is 0 Å². The van der Waals surface area contributed by atoms with Crippen molar-refractivity contribution in [3.05, 3.63) is 131 Å². The Bertz CT molecular complexity index is 3180. The van der Waals surface area contributed by atoms with Crippen LogP contribution in [0.5, 0.6) is 0 Å². The van der Waals surface area contributed by atoms with E-state index in [1.54, 1.807) is 86.4 Å². The Hall–Kier alpha value is -8.28. The number of halogens is 4. The molecule has 24 heteroatoms. The number of hydrogen-bond acceptors (Lipinski definition) is 15. The van der Waals surface area contributed by atoms with Crippen molar-refractivity contribution in [2.24, 2.45) is 19.8 Å². The maximum Gasteiger partial charge on any atom is 0.359 e. The topological polar surface area (TPSA) is 253 Å². The number of carboxylic acids is 1. The Morgan fingerprint density at radius 3 is 1.48 bits per heavy atom. The molecule has 0 spiro atoms. The van der Waals surface area contributed by atoms with Gasteiger partial charge in [0.1, 0.15) is 24.3 Å². The van der Waals surface area contributed by atoms with Gasteiger partial charge in [-0.1, -0.05) is 12.1 Å². The summed E-state index contributed by atoms with van der Waals surface area (Å²) in [6.45, 7) is 14.6. The van der Waals surface area contributed by atoms with Crippen LogP contribution in [0.3, 0.4) is 0 Å². The van der Waals surface area contributed by atoms with E-state index in [4.69, 9.17) is 10.8 Å². The highest BCUT2D eigenvalue weighted by atomic mass is 19.1. The van der Waals surface area contributed by atoms with Crippen molar-refractivity contribution >= 4 is 35.0 Å². The SMILES string of the molecule is CC(C)(C)n1cc(F)c(C(=O)O)n1.Cc1c(CCC(=O)c2nn(C(C)(C)C)cc2F)ccc(-c2ncnc(Nc3cnn(C)c3)n2)c1F.Cc1c(CN)ccc(-c2ncnc(Nc3cnn(C)c3)n2)c1F. The summed E-state index contributed by atoms with van der Waals surface area (Å²) in [5, 5.41) is 30.4. The quantitative estimate of drug-likeness (QED) is 0.0674. The molecule has 0 fully saturated rings. The number of rotatable bonds is 12. The Labute approximate surface area is 405 Å². The van der Waals surface area contributed by atoms with Gasteiger partial charge in [-0.25, -0.2) is 42.3 Å². The van der Waals surface area contributed by atoms with Crippen molar-refractivity contribution in [1.29, 1.82) is 0 Å². The van der Waals surface area contributed by atoms with E-state index in [2.05, 4.69) is 60.9 Å². The second kappa shape index (κ2) is 21.6. The lowest BCUT2D eigenvalue weighted by Crippen LogP contribution is -2.22. The van der Waals surface area contributed by atoms with E-state index in [0.29, 0.717) is 33.9 Å². The van der Waals surface area contributed by atoms with Crippen molar-refractivity contribution in [2.45, 2.75) is 85.9 Å². The highest BCUT2D eigenvalue weighted by molar-refractivity contribution is 5.94. The average molecular weight is 980 g/mol. The third-order valence-corrected chi connectivity index (χ3v) is 10.6. The summed E-state index contributed by atoms with van der Waals surface area (Å²) in [5.41, 5.74) is 8.23. The number of nitrogens with zero attached hydrogens (tertiary/aromatic N) is 14. The maximum absolute atomic E-state index is 15.3. The van der Waals surface area contributed by atoms with Crippen molar-refractivity contribution in [1.82, 2.24) is 69.0 Å². The van der Waals surface area contributed by atoms with Gasteiger partial charge in [0.2, 0.25) is 17.6 Å². The van der Waals surface area contributed by atoms with Gasteiger partial charge in [0, 0.05) is 39.5 Å². The van der Waals surface area contributed by atoms with E-state index in [1.165, 1.54) is 28.2 Å². The molecule has 8 aromatic rings. The summed E-state index contributed by atoms with van der Waals surface area (Å²) in [4.78, 5) is 47.9. The molecule has 6 aromatic heterocycles. The molecule has 5 N–H and O–H groups in total. The third-order valence-electron chi connectivity index (χ3n) is 10.6. The van der Waals surface area contributed by atoms with Crippen molar-refractivity contribution < 1.29 is 32.3 Å². The molecular formula is C47H53F4N17O3. The first-order valence-corrected chi connectivity index (χ1v) is 21.9. The Morgan fingerprint density at radius 2 is 1.08 bits per heavy atom. The van der Waals surface area contributed by atoms with E-state index in [9.17, 15) is 22.8 Å². The summed E-state index contributed by atoms with van der Waals surface area (Å²) in [7, 11) is 3.59. The number of aromatic carboxylic acids is 1. The lowest BCUT2D eigenvalue weighted by molar-refractivity contribution is 0.0683. The van der Waals surface area contributed by atoms with Gasteiger partial charge >= 0.3 is 5.97 Å². The highest BCUT2D eigenvalue weighted by Gasteiger charge is 2.24. The molecule has 0 aliphatic carbocycles. The number of benzene rings is 2. The van der Waals surface area contributed by atoms with Gasteiger partial charge in [-0.3, -0.25) is 23.5 Å². The van der Waals surface area contributed by atoms with Crippen molar-refractivity contribution in [3.63, 3.8) is 0 Å². The van der Waals surface area contributed by atoms with Gasteiger partial charge in [0.25, 0.3) is 0 Å². The summed E-state index contributed by atoms with van der Waals surface area (Å²) >= 11 is 0.